The van der Waals surface area contributed by atoms with Crippen LogP contribution in [0.5, 0.6) is 0 Å². The molecule has 1 aliphatic heterocycles. The lowest BCUT2D eigenvalue weighted by atomic mass is 10.1. The summed E-state index contributed by atoms with van der Waals surface area (Å²) in [7, 11) is 0. The lowest BCUT2D eigenvalue weighted by molar-refractivity contribution is -0.384. The third kappa shape index (κ3) is 4.32. The first-order valence-corrected chi connectivity index (χ1v) is 8.85. The van der Waals surface area contributed by atoms with Crippen LogP contribution in [0, 0.1) is 10.1 Å². The predicted molar refractivity (Wildman–Crippen MR) is 92.9 cm³/mol. The number of aromatic nitrogens is 3. The topological polar surface area (TPSA) is 85.9 Å². The van der Waals surface area contributed by atoms with Crippen molar-refractivity contribution in [1.29, 1.82) is 0 Å². The summed E-state index contributed by atoms with van der Waals surface area (Å²) in [4.78, 5) is 10.3. The van der Waals surface area contributed by atoms with Gasteiger partial charge in [0, 0.05) is 32.0 Å². The van der Waals surface area contributed by atoms with E-state index in [1.54, 1.807) is 0 Å². The van der Waals surface area contributed by atoms with Crippen LogP contribution in [-0.4, -0.2) is 26.2 Å². The highest BCUT2D eigenvalue weighted by Gasteiger charge is 2.36. The van der Waals surface area contributed by atoms with Crippen molar-refractivity contribution >= 4 is 23.0 Å². The number of nitro groups is 1. The Balaban J connectivity index is 1.75. The van der Waals surface area contributed by atoms with Crippen LogP contribution in [0.1, 0.15) is 36.5 Å². The largest absolute Gasteiger partial charge is 0.418 e. The molecule has 0 atom stereocenters. The second kappa shape index (κ2) is 7.71. The Hall–Kier alpha value is -2.36. The average Bonchev–Trinajstić information content (AvgIpc) is 2.81. The van der Waals surface area contributed by atoms with Crippen molar-refractivity contribution in [3.63, 3.8) is 0 Å². The Morgan fingerprint density at radius 2 is 2.04 bits per heavy atom. The molecule has 1 aromatic carbocycles. The standard InChI is InChI=1S/C16H17ClF3N5O2/c17-11-9-12(13(25(26)27)8-10(11)16(18,19)20)21-6-5-15-23-22-14-4-2-1-3-7-24(14)15/h8-9,21H,1-7H2. The lowest BCUT2D eigenvalue weighted by Gasteiger charge is -2.13. The molecule has 0 aliphatic carbocycles. The van der Waals surface area contributed by atoms with Gasteiger partial charge >= 0.3 is 6.18 Å². The number of hydrogen-bond acceptors (Lipinski definition) is 5. The van der Waals surface area contributed by atoms with Gasteiger partial charge in [-0.15, -0.1) is 10.2 Å². The fourth-order valence-corrected chi connectivity index (χ4v) is 3.38. The van der Waals surface area contributed by atoms with Gasteiger partial charge in [0.05, 0.1) is 15.5 Å². The summed E-state index contributed by atoms with van der Waals surface area (Å²) in [6, 6.07) is 1.39. The molecule has 0 saturated carbocycles. The van der Waals surface area contributed by atoms with Crippen molar-refractivity contribution < 1.29 is 18.1 Å². The molecule has 0 saturated heterocycles. The number of alkyl halides is 3. The normalized spacial score (nSPS) is 14.5. The molecule has 1 aliphatic rings. The molecule has 2 heterocycles. The summed E-state index contributed by atoms with van der Waals surface area (Å²) in [6.07, 6.45) is -0.252. The molecule has 0 radical (unpaired) electrons. The van der Waals surface area contributed by atoms with Crippen molar-refractivity contribution in [1.82, 2.24) is 14.8 Å². The molecule has 146 valence electrons. The number of aryl methyl sites for hydroxylation is 1. The molecule has 0 amide bonds. The number of halogens is 4. The van der Waals surface area contributed by atoms with Gasteiger partial charge < -0.3 is 9.88 Å². The highest BCUT2D eigenvalue weighted by atomic mass is 35.5. The van der Waals surface area contributed by atoms with E-state index in [-0.39, 0.29) is 12.2 Å². The fourth-order valence-electron chi connectivity index (χ4n) is 3.11. The number of nitrogens with one attached hydrogen (secondary N) is 1. The minimum absolute atomic E-state index is 0.0615. The number of hydrogen-bond donors (Lipinski definition) is 1. The highest BCUT2D eigenvalue weighted by molar-refractivity contribution is 6.31. The van der Waals surface area contributed by atoms with E-state index >= 15 is 0 Å². The second-order valence-electron chi connectivity index (χ2n) is 6.28. The molecule has 11 heteroatoms. The Bertz CT molecular complexity index is 853. The first-order chi connectivity index (χ1) is 12.8. The SMILES string of the molecule is O=[N+]([O-])c1cc(C(F)(F)F)c(Cl)cc1NCCc1nnc2n1CCCCC2. The minimum atomic E-state index is -4.76. The summed E-state index contributed by atoms with van der Waals surface area (Å²) in [5, 5.41) is 21.7. The maximum absolute atomic E-state index is 12.9. The molecule has 0 spiro atoms. The van der Waals surface area contributed by atoms with Crippen molar-refractivity contribution in [2.45, 2.75) is 44.8 Å². The number of benzene rings is 1. The second-order valence-corrected chi connectivity index (χ2v) is 6.68. The van der Waals surface area contributed by atoms with Gasteiger partial charge in [0.1, 0.15) is 17.3 Å². The van der Waals surface area contributed by atoms with E-state index in [0.717, 1.165) is 49.9 Å². The minimum Gasteiger partial charge on any atom is -0.379 e. The van der Waals surface area contributed by atoms with Gasteiger partial charge in [-0.2, -0.15) is 13.2 Å². The van der Waals surface area contributed by atoms with Crippen LogP contribution in [-0.2, 0) is 25.6 Å². The summed E-state index contributed by atoms with van der Waals surface area (Å²) >= 11 is 5.67. The molecule has 1 aromatic heterocycles. The molecular formula is C16H17ClF3N5O2. The van der Waals surface area contributed by atoms with Crippen LogP contribution >= 0.6 is 11.6 Å². The van der Waals surface area contributed by atoms with Gasteiger partial charge in [0.2, 0.25) is 0 Å². The van der Waals surface area contributed by atoms with E-state index in [1.807, 2.05) is 4.57 Å². The summed E-state index contributed by atoms with van der Waals surface area (Å²) in [6.45, 7) is 1.07. The van der Waals surface area contributed by atoms with E-state index < -0.39 is 27.4 Å². The maximum Gasteiger partial charge on any atom is 0.418 e. The lowest BCUT2D eigenvalue weighted by Crippen LogP contribution is -2.13. The predicted octanol–water partition coefficient (Wildman–Crippen LogP) is 4.24. The summed E-state index contributed by atoms with van der Waals surface area (Å²) < 4.78 is 40.8. The number of rotatable bonds is 5. The number of nitrogens with zero attached hydrogens (tertiary/aromatic N) is 4. The smallest absolute Gasteiger partial charge is 0.379 e. The van der Waals surface area contributed by atoms with E-state index in [9.17, 15) is 23.3 Å². The van der Waals surface area contributed by atoms with Crippen molar-refractivity contribution in [2.75, 3.05) is 11.9 Å². The van der Waals surface area contributed by atoms with Gasteiger partial charge in [0.25, 0.3) is 5.69 Å². The van der Waals surface area contributed by atoms with Gasteiger partial charge in [-0.05, 0) is 18.9 Å². The number of fused-ring (bicyclic) bond motifs is 1. The quantitative estimate of drug-likeness (QED) is 0.596. The zero-order valence-electron chi connectivity index (χ0n) is 14.2. The molecule has 2 aromatic rings. The van der Waals surface area contributed by atoms with Crippen LogP contribution in [0.25, 0.3) is 0 Å². The molecule has 0 bridgehead atoms. The van der Waals surface area contributed by atoms with Crippen LogP contribution < -0.4 is 5.32 Å². The zero-order chi connectivity index (χ0) is 19.6. The Morgan fingerprint density at radius 3 is 2.74 bits per heavy atom. The zero-order valence-corrected chi connectivity index (χ0v) is 15.0. The van der Waals surface area contributed by atoms with Gasteiger partial charge in [-0.1, -0.05) is 18.0 Å². The van der Waals surface area contributed by atoms with E-state index in [1.165, 1.54) is 0 Å². The van der Waals surface area contributed by atoms with Gasteiger partial charge in [-0.3, -0.25) is 10.1 Å². The van der Waals surface area contributed by atoms with Crippen LogP contribution in [0.4, 0.5) is 24.5 Å². The highest BCUT2D eigenvalue weighted by Crippen LogP contribution is 2.40. The molecule has 1 N–H and O–H groups in total. The fraction of sp³-hybridized carbons (Fsp3) is 0.500. The third-order valence-corrected chi connectivity index (χ3v) is 4.75. The van der Waals surface area contributed by atoms with E-state index in [4.69, 9.17) is 11.6 Å². The van der Waals surface area contributed by atoms with E-state index in [0.29, 0.717) is 12.5 Å². The Labute approximate surface area is 157 Å². The molecule has 3 rings (SSSR count). The van der Waals surface area contributed by atoms with Crippen molar-refractivity contribution in [2.24, 2.45) is 0 Å². The number of anilines is 1. The average molecular weight is 404 g/mol. The first kappa shape index (κ1) is 19.4. The molecule has 0 unspecified atom stereocenters. The molecule has 7 nitrogen and oxygen atoms in total. The van der Waals surface area contributed by atoms with Gasteiger partial charge in [-0.25, -0.2) is 0 Å². The monoisotopic (exact) mass is 403 g/mol. The third-order valence-electron chi connectivity index (χ3n) is 4.44. The van der Waals surface area contributed by atoms with Gasteiger partial charge in [0.15, 0.2) is 0 Å². The van der Waals surface area contributed by atoms with Crippen LogP contribution in [0.3, 0.4) is 0 Å². The maximum atomic E-state index is 12.9. The first-order valence-electron chi connectivity index (χ1n) is 8.47. The Kier molecular flexibility index (Phi) is 5.54. The van der Waals surface area contributed by atoms with Crippen molar-refractivity contribution in [3.8, 4) is 0 Å². The van der Waals surface area contributed by atoms with Crippen LogP contribution in [0.2, 0.25) is 5.02 Å². The Morgan fingerprint density at radius 1 is 1.26 bits per heavy atom. The molecule has 27 heavy (non-hydrogen) atoms. The summed E-state index contributed by atoms with van der Waals surface area (Å²) in [5.41, 5.74) is -1.97. The molecular weight excluding hydrogens is 387 g/mol. The number of nitro benzene ring substituents is 1. The summed E-state index contributed by atoms with van der Waals surface area (Å²) in [5.74, 6) is 1.67. The molecule has 0 fully saturated rings. The van der Waals surface area contributed by atoms with E-state index in [2.05, 4.69) is 15.5 Å². The van der Waals surface area contributed by atoms with Crippen molar-refractivity contribution in [3.05, 3.63) is 44.5 Å². The van der Waals surface area contributed by atoms with Crippen LogP contribution in [0.15, 0.2) is 12.1 Å².